The fourth-order valence-electron chi connectivity index (χ4n) is 3.09. The van der Waals surface area contributed by atoms with Gasteiger partial charge in [0.05, 0.1) is 6.04 Å². The molecule has 1 saturated heterocycles. The summed E-state index contributed by atoms with van der Waals surface area (Å²) in [5.41, 5.74) is 2.81. The molecule has 0 aliphatic carbocycles. The lowest BCUT2D eigenvalue weighted by atomic mass is 9.97. The lowest BCUT2D eigenvalue weighted by Gasteiger charge is -2.28. The average molecular weight is 251 g/mol. The SMILES string of the molecule is C[C@H]1CCN(C(c2ccccc2)c2ccccc2)C1. The molecule has 2 aromatic rings. The molecule has 1 nitrogen and oxygen atoms in total. The highest BCUT2D eigenvalue weighted by Gasteiger charge is 2.27. The van der Waals surface area contributed by atoms with Crippen LogP contribution in [-0.4, -0.2) is 18.0 Å². The summed E-state index contributed by atoms with van der Waals surface area (Å²) in [5, 5.41) is 0. The maximum Gasteiger partial charge on any atom is 0.0601 e. The van der Waals surface area contributed by atoms with Gasteiger partial charge in [0.1, 0.15) is 0 Å². The molecule has 0 bridgehead atoms. The van der Waals surface area contributed by atoms with Crippen LogP contribution in [0.5, 0.6) is 0 Å². The lowest BCUT2D eigenvalue weighted by Crippen LogP contribution is -2.27. The smallest absolute Gasteiger partial charge is 0.0601 e. The second-order valence-electron chi connectivity index (χ2n) is 5.61. The number of hydrogen-bond acceptors (Lipinski definition) is 1. The first-order valence-electron chi connectivity index (χ1n) is 7.18. The number of benzene rings is 2. The maximum atomic E-state index is 2.62. The first-order valence-corrected chi connectivity index (χ1v) is 7.18. The third-order valence-electron chi connectivity index (χ3n) is 4.05. The highest BCUT2D eigenvalue weighted by Crippen LogP contribution is 2.32. The summed E-state index contributed by atoms with van der Waals surface area (Å²) in [6.07, 6.45) is 1.32. The van der Waals surface area contributed by atoms with Gasteiger partial charge in [-0.25, -0.2) is 0 Å². The molecule has 19 heavy (non-hydrogen) atoms. The van der Waals surface area contributed by atoms with E-state index >= 15 is 0 Å². The van der Waals surface area contributed by atoms with Crippen molar-refractivity contribution in [1.29, 1.82) is 0 Å². The zero-order valence-electron chi connectivity index (χ0n) is 11.5. The third kappa shape index (κ3) is 2.71. The van der Waals surface area contributed by atoms with Crippen molar-refractivity contribution in [3.63, 3.8) is 0 Å². The Bertz CT molecular complexity index is 466. The second kappa shape index (κ2) is 5.58. The molecule has 0 amide bonds. The van der Waals surface area contributed by atoms with Crippen LogP contribution in [0.25, 0.3) is 0 Å². The van der Waals surface area contributed by atoms with Crippen molar-refractivity contribution >= 4 is 0 Å². The minimum absolute atomic E-state index is 0.410. The number of nitrogens with zero attached hydrogens (tertiary/aromatic N) is 1. The largest absolute Gasteiger partial charge is 0.292 e. The van der Waals surface area contributed by atoms with Gasteiger partial charge in [-0.1, -0.05) is 67.6 Å². The highest BCUT2D eigenvalue weighted by atomic mass is 15.2. The van der Waals surface area contributed by atoms with E-state index in [0.29, 0.717) is 6.04 Å². The fraction of sp³-hybridized carbons (Fsp3) is 0.333. The summed E-state index contributed by atoms with van der Waals surface area (Å²) < 4.78 is 0. The topological polar surface area (TPSA) is 3.24 Å². The van der Waals surface area contributed by atoms with Crippen LogP contribution in [0.1, 0.15) is 30.5 Å². The Morgan fingerprint density at radius 2 is 1.42 bits per heavy atom. The molecular weight excluding hydrogens is 230 g/mol. The molecule has 98 valence electrons. The predicted octanol–water partition coefficient (Wildman–Crippen LogP) is 4.12. The van der Waals surface area contributed by atoms with Crippen molar-refractivity contribution in [1.82, 2.24) is 4.90 Å². The molecule has 1 heterocycles. The number of hydrogen-bond donors (Lipinski definition) is 0. The van der Waals surface area contributed by atoms with Crippen LogP contribution in [0.2, 0.25) is 0 Å². The Labute approximate surface area is 115 Å². The van der Waals surface area contributed by atoms with E-state index in [-0.39, 0.29) is 0 Å². The molecular formula is C18H21N. The molecule has 0 aromatic heterocycles. The fourth-order valence-corrected chi connectivity index (χ4v) is 3.09. The predicted molar refractivity (Wildman–Crippen MR) is 80.1 cm³/mol. The summed E-state index contributed by atoms with van der Waals surface area (Å²) in [5.74, 6) is 0.815. The molecule has 0 spiro atoms. The van der Waals surface area contributed by atoms with Crippen LogP contribution in [0.3, 0.4) is 0 Å². The van der Waals surface area contributed by atoms with Crippen molar-refractivity contribution < 1.29 is 0 Å². The van der Waals surface area contributed by atoms with E-state index in [1.165, 1.54) is 30.6 Å². The summed E-state index contributed by atoms with van der Waals surface area (Å²) in [7, 11) is 0. The highest BCUT2D eigenvalue weighted by molar-refractivity contribution is 5.32. The zero-order valence-corrected chi connectivity index (χ0v) is 11.5. The van der Waals surface area contributed by atoms with E-state index in [1.54, 1.807) is 0 Å². The molecule has 3 rings (SSSR count). The van der Waals surface area contributed by atoms with Crippen LogP contribution < -0.4 is 0 Å². The summed E-state index contributed by atoms with van der Waals surface area (Å²) >= 11 is 0. The standard InChI is InChI=1S/C18H21N/c1-15-12-13-19(14-15)18(16-8-4-2-5-9-16)17-10-6-3-7-11-17/h2-11,15,18H,12-14H2,1H3/t15-/m0/s1. The zero-order chi connectivity index (χ0) is 13.1. The van der Waals surface area contributed by atoms with Crippen molar-refractivity contribution in [2.75, 3.05) is 13.1 Å². The quantitative estimate of drug-likeness (QED) is 0.793. The molecule has 0 saturated carbocycles. The summed E-state index contributed by atoms with van der Waals surface area (Å²) in [6, 6.07) is 22.2. The van der Waals surface area contributed by atoms with Crippen LogP contribution >= 0.6 is 0 Å². The van der Waals surface area contributed by atoms with E-state index in [1.807, 2.05) is 0 Å². The molecule has 0 radical (unpaired) electrons. The van der Waals surface area contributed by atoms with Crippen molar-refractivity contribution in [2.24, 2.45) is 5.92 Å². The molecule has 0 N–H and O–H groups in total. The van der Waals surface area contributed by atoms with E-state index in [4.69, 9.17) is 0 Å². The van der Waals surface area contributed by atoms with Gasteiger partial charge >= 0.3 is 0 Å². The Kier molecular flexibility index (Phi) is 3.65. The molecule has 1 atom stereocenters. The number of rotatable bonds is 3. The van der Waals surface area contributed by atoms with Crippen molar-refractivity contribution in [3.05, 3.63) is 71.8 Å². The van der Waals surface area contributed by atoms with Crippen molar-refractivity contribution in [3.8, 4) is 0 Å². The van der Waals surface area contributed by atoms with Gasteiger partial charge in [0, 0.05) is 6.54 Å². The first-order chi connectivity index (χ1) is 9.34. The normalized spacial score (nSPS) is 20.0. The van der Waals surface area contributed by atoms with Gasteiger partial charge in [0.2, 0.25) is 0 Å². The average Bonchev–Trinajstić information content (AvgIpc) is 2.88. The summed E-state index contributed by atoms with van der Waals surface area (Å²) in [6.45, 7) is 4.76. The van der Waals surface area contributed by atoms with E-state index in [2.05, 4.69) is 72.5 Å². The number of likely N-dealkylation sites (tertiary alicyclic amines) is 1. The second-order valence-corrected chi connectivity index (χ2v) is 5.61. The van der Waals surface area contributed by atoms with Gasteiger partial charge in [-0.05, 0) is 30.0 Å². The van der Waals surface area contributed by atoms with Crippen LogP contribution in [-0.2, 0) is 0 Å². The van der Waals surface area contributed by atoms with Gasteiger partial charge in [-0.15, -0.1) is 0 Å². The summed E-state index contributed by atoms with van der Waals surface area (Å²) in [4.78, 5) is 2.62. The third-order valence-corrected chi connectivity index (χ3v) is 4.05. The van der Waals surface area contributed by atoms with Crippen LogP contribution in [0.4, 0.5) is 0 Å². The first kappa shape index (κ1) is 12.4. The van der Waals surface area contributed by atoms with Crippen LogP contribution in [0, 0.1) is 5.92 Å². The van der Waals surface area contributed by atoms with Gasteiger partial charge in [0.15, 0.2) is 0 Å². The van der Waals surface area contributed by atoms with Gasteiger partial charge in [-0.3, -0.25) is 4.90 Å². The van der Waals surface area contributed by atoms with Crippen molar-refractivity contribution in [2.45, 2.75) is 19.4 Å². The molecule has 1 aliphatic rings. The van der Waals surface area contributed by atoms with Gasteiger partial charge in [-0.2, -0.15) is 0 Å². The van der Waals surface area contributed by atoms with E-state index < -0.39 is 0 Å². The Morgan fingerprint density at radius 1 is 0.895 bits per heavy atom. The van der Waals surface area contributed by atoms with E-state index in [0.717, 1.165) is 5.92 Å². The monoisotopic (exact) mass is 251 g/mol. The van der Waals surface area contributed by atoms with Crippen LogP contribution in [0.15, 0.2) is 60.7 Å². The molecule has 1 heteroatoms. The Morgan fingerprint density at radius 3 is 1.84 bits per heavy atom. The molecule has 1 fully saturated rings. The Hall–Kier alpha value is -1.60. The van der Waals surface area contributed by atoms with Gasteiger partial charge < -0.3 is 0 Å². The van der Waals surface area contributed by atoms with Gasteiger partial charge in [0.25, 0.3) is 0 Å². The minimum Gasteiger partial charge on any atom is -0.292 e. The Balaban J connectivity index is 1.97. The molecule has 0 unspecified atom stereocenters. The lowest BCUT2D eigenvalue weighted by molar-refractivity contribution is 0.272. The minimum atomic E-state index is 0.410. The molecule has 1 aliphatic heterocycles. The van der Waals surface area contributed by atoms with E-state index in [9.17, 15) is 0 Å². The molecule has 2 aromatic carbocycles. The maximum absolute atomic E-state index is 2.62.